The van der Waals surface area contributed by atoms with E-state index >= 15 is 0 Å². The average molecular weight is 284 g/mol. The normalized spacial score (nSPS) is 14.3. The summed E-state index contributed by atoms with van der Waals surface area (Å²) in [5, 5.41) is 9.62. The smallest absolute Gasteiger partial charge is 0.260 e. The van der Waals surface area contributed by atoms with Crippen LogP contribution < -0.4 is 4.74 Å². The van der Waals surface area contributed by atoms with Crippen LogP contribution in [0.5, 0.6) is 5.75 Å². The first kappa shape index (κ1) is 14.2. The molecule has 1 fully saturated rings. The maximum absolute atomic E-state index is 12.0. The third-order valence-electron chi connectivity index (χ3n) is 3.14. The van der Waals surface area contributed by atoms with E-state index < -0.39 is 0 Å². The first-order valence-corrected chi connectivity index (χ1v) is 6.79. The van der Waals surface area contributed by atoms with Crippen LogP contribution in [0.2, 0.25) is 5.02 Å². The molecule has 4 nitrogen and oxygen atoms in total. The number of hydrogen-bond donors (Lipinski definition) is 1. The highest BCUT2D eigenvalue weighted by molar-refractivity contribution is 6.30. The van der Waals surface area contributed by atoms with Crippen LogP contribution >= 0.6 is 11.6 Å². The van der Waals surface area contributed by atoms with Crippen molar-refractivity contribution in [2.75, 3.05) is 19.8 Å². The van der Waals surface area contributed by atoms with Crippen molar-refractivity contribution in [3.8, 4) is 5.75 Å². The molecule has 0 unspecified atom stereocenters. The van der Waals surface area contributed by atoms with Crippen molar-refractivity contribution in [2.24, 2.45) is 0 Å². The molecule has 2 rings (SSSR count). The zero-order chi connectivity index (χ0) is 13.8. The highest BCUT2D eigenvalue weighted by atomic mass is 35.5. The van der Waals surface area contributed by atoms with Crippen molar-refractivity contribution in [3.05, 3.63) is 28.8 Å². The van der Waals surface area contributed by atoms with Crippen LogP contribution in [0.25, 0.3) is 0 Å². The molecule has 5 heteroatoms. The van der Waals surface area contributed by atoms with Gasteiger partial charge in [-0.2, -0.15) is 0 Å². The molecule has 104 valence electrons. The minimum absolute atomic E-state index is 0.00102. The molecule has 0 heterocycles. The summed E-state index contributed by atoms with van der Waals surface area (Å²) in [5.41, 5.74) is 0.903. The molecule has 0 spiro atoms. The van der Waals surface area contributed by atoms with E-state index in [1.54, 1.807) is 23.1 Å². The molecule has 0 radical (unpaired) electrons. The van der Waals surface area contributed by atoms with Gasteiger partial charge in [0.25, 0.3) is 5.91 Å². The van der Waals surface area contributed by atoms with Crippen molar-refractivity contribution in [1.82, 2.24) is 4.90 Å². The van der Waals surface area contributed by atoms with Gasteiger partial charge in [-0.3, -0.25) is 4.79 Å². The first-order valence-electron chi connectivity index (χ1n) is 6.41. The Morgan fingerprint density at radius 1 is 1.53 bits per heavy atom. The van der Waals surface area contributed by atoms with Crippen molar-refractivity contribution in [3.63, 3.8) is 0 Å². The molecule has 1 saturated carbocycles. The predicted octanol–water partition coefficient (Wildman–Crippen LogP) is 2.01. The highest BCUT2D eigenvalue weighted by Gasteiger charge is 2.32. The summed E-state index contributed by atoms with van der Waals surface area (Å²) >= 11 is 5.86. The number of halogens is 1. The van der Waals surface area contributed by atoms with E-state index in [0.29, 0.717) is 17.3 Å². The largest absolute Gasteiger partial charge is 0.483 e. The maximum Gasteiger partial charge on any atom is 0.260 e. The van der Waals surface area contributed by atoms with E-state index in [4.69, 9.17) is 21.4 Å². The van der Waals surface area contributed by atoms with Crippen LogP contribution in [0.4, 0.5) is 0 Å². The maximum atomic E-state index is 12.0. The number of amides is 1. The summed E-state index contributed by atoms with van der Waals surface area (Å²) in [5.74, 6) is 0.586. The van der Waals surface area contributed by atoms with Crippen molar-refractivity contribution in [2.45, 2.75) is 25.8 Å². The lowest BCUT2D eigenvalue weighted by molar-refractivity contribution is -0.134. The molecule has 0 atom stereocenters. The minimum Gasteiger partial charge on any atom is -0.483 e. The number of ether oxygens (including phenoxy) is 1. The summed E-state index contributed by atoms with van der Waals surface area (Å²) < 4.78 is 5.53. The minimum atomic E-state index is -0.0779. The highest BCUT2D eigenvalue weighted by Crippen LogP contribution is 2.27. The fraction of sp³-hybridized carbons (Fsp3) is 0.500. The van der Waals surface area contributed by atoms with Gasteiger partial charge in [-0.05, 0) is 43.5 Å². The third kappa shape index (κ3) is 3.85. The lowest BCUT2D eigenvalue weighted by Gasteiger charge is -2.21. The average Bonchev–Trinajstić information content (AvgIpc) is 3.18. The monoisotopic (exact) mass is 283 g/mol. The lowest BCUT2D eigenvalue weighted by atomic mass is 10.2. The Kier molecular flexibility index (Phi) is 4.66. The van der Waals surface area contributed by atoms with Gasteiger partial charge in [0.15, 0.2) is 6.61 Å². The number of aliphatic hydroxyl groups is 1. The van der Waals surface area contributed by atoms with Gasteiger partial charge in [-0.15, -0.1) is 0 Å². The molecule has 1 aliphatic carbocycles. The van der Waals surface area contributed by atoms with Gasteiger partial charge in [0.2, 0.25) is 0 Å². The van der Waals surface area contributed by atoms with E-state index in [9.17, 15) is 4.79 Å². The van der Waals surface area contributed by atoms with Gasteiger partial charge in [-0.25, -0.2) is 0 Å². The Bertz CT molecular complexity index is 460. The summed E-state index contributed by atoms with van der Waals surface area (Å²) in [4.78, 5) is 13.7. The van der Waals surface area contributed by atoms with E-state index in [1.807, 2.05) is 6.92 Å². The zero-order valence-corrected chi connectivity index (χ0v) is 11.7. The second kappa shape index (κ2) is 6.26. The van der Waals surface area contributed by atoms with Crippen LogP contribution in [0, 0.1) is 6.92 Å². The summed E-state index contributed by atoms with van der Waals surface area (Å²) in [6, 6.07) is 5.59. The molecule has 0 aromatic heterocycles. The van der Waals surface area contributed by atoms with E-state index in [2.05, 4.69) is 0 Å². The van der Waals surface area contributed by atoms with Crippen molar-refractivity contribution >= 4 is 17.5 Å². The molecule has 0 aliphatic heterocycles. The van der Waals surface area contributed by atoms with Crippen LogP contribution in [-0.2, 0) is 4.79 Å². The molecule has 1 aromatic rings. The standard InChI is InChI=1S/C14H18ClNO3/c1-10-8-11(15)2-5-13(10)19-9-14(18)16(6-7-17)12-3-4-12/h2,5,8,12,17H,3-4,6-7,9H2,1H3. The summed E-state index contributed by atoms with van der Waals surface area (Å²) in [6.07, 6.45) is 2.04. The number of hydrogen-bond acceptors (Lipinski definition) is 3. The van der Waals surface area contributed by atoms with Crippen molar-refractivity contribution in [1.29, 1.82) is 0 Å². The van der Waals surface area contributed by atoms with Gasteiger partial charge in [0, 0.05) is 17.6 Å². The third-order valence-corrected chi connectivity index (χ3v) is 3.37. The Balaban J connectivity index is 1.91. The number of aryl methyl sites for hydroxylation is 1. The SMILES string of the molecule is Cc1cc(Cl)ccc1OCC(=O)N(CCO)C1CC1. The number of nitrogens with zero attached hydrogens (tertiary/aromatic N) is 1. The molecule has 1 aliphatic rings. The number of benzene rings is 1. The van der Waals surface area contributed by atoms with Crippen LogP contribution in [0.3, 0.4) is 0 Å². The number of aliphatic hydroxyl groups excluding tert-OH is 1. The number of carbonyl (C=O) groups is 1. The fourth-order valence-corrected chi connectivity index (χ4v) is 2.23. The van der Waals surface area contributed by atoms with Crippen LogP contribution in [0.15, 0.2) is 18.2 Å². The molecule has 1 N–H and O–H groups in total. The molecule has 1 aromatic carbocycles. The van der Waals surface area contributed by atoms with Gasteiger partial charge < -0.3 is 14.7 Å². The van der Waals surface area contributed by atoms with Gasteiger partial charge in [-0.1, -0.05) is 11.6 Å². The molecule has 0 saturated heterocycles. The van der Waals surface area contributed by atoms with Gasteiger partial charge >= 0.3 is 0 Å². The Labute approximate surface area is 117 Å². The van der Waals surface area contributed by atoms with Crippen LogP contribution in [-0.4, -0.2) is 41.7 Å². The molecule has 19 heavy (non-hydrogen) atoms. The van der Waals surface area contributed by atoms with Crippen LogP contribution in [0.1, 0.15) is 18.4 Å². The van der Waals surface area contributed by atoms with E-state index in [-0.39, 0.29) is 25.2 Å². The molecular formula is C14H18ClNO3. The summed E-state index contributed by atoms with van der Waals surface area (Å²) in [6.45, 7) is 2.26. The quantitative estimate of drug-likeness (QED) is 0.869. The predicted molar refractivity (Wildman–Crippen MR) is 73.5 cm³/mol. The van der Waals surface area contributed by atoms with Crippen molar-refractivity contribution < 1.29 is 14.6 Å². The van der Waals surface area contributed by atoms with E-state index in [1.165, 1.54) is 0 Å². The molecule has 0 bridgehead atoms. The van der Waals surface area contributed by atoms with Gasteiger partial charge in [0.1, 0.15) is 5.75 Å². The Morgan fingerprint density at radius 2 is 2.26 bits per heavy atom. The Morgan fingerprint density at radius 3 is 2.84 bits per heavy atom. The molecular weight excluding hydrogens is 266 g/mol. The fourth-order valence-electron chi connectivity index (χ4n) is 2.00. The second-order valence-corrected chi connectivity index (χ2v) is 5.18. The topological polar surface area (TPSA) is 49.8 Å². The number of carbonyl (C=O) groups excluding carboxylic acids is 1. The second-order valence-electron chi connectivity index (χ2n) is 4.74. The number of rotatable bonds is 6. The van der Waals surface area contributed by atoms with Gasteiger partial charge in [0.05, 0.1) is 6.61 Å². The molecule has 1 amide bonds. The van der Waals surface area contributed by atoms with E-state index in [0.717, 1.165) is 18.4 Å². The zero-order valence-electron chi connectivity index (χ0n) is 10.9. The lowest BCUT2D eigenvalue weighted by Crippen LogP contribution is -2.38. The Hall–Kier alpha value is -1.26. The first-order chi connectivity index (χ1) is 9.11. The summed E-state index contributed by atoms with van der Waals surface area (Å²) in [7, 11) is 0.